The molecule has 11 heteroatoms. The molecular weight excluding hydrogens is 611 g/mol. The van der Waals surface area contributed by atoms with E-state index in [0.29, 0.717) is 29.1 Å². The second-order valence-corrected chi connectivity index (χ2v) is 10.5. The lowest BCUT2D eigenvalue weighted by Crippen LogP contribution is -2.25. The molecule has 234 valence electrons. The van der Waals surface area contributed by atoms with Crippen LogP contribution in [0.3, 0.4) is 0 Å². The molecule has 0 radical (unpaired) electrons. The van der Waals surface area contributed by atoms with Gasteiger partial charge in [-0.1, -0.05) is 56.2 Å². The van der Waals surface area contributed by atoms with Gasteiger partial charge in [0.05, 0.1) is 0 Å². The maximum atomic E-state index is 15.2. The van der Waals surface area contributed by atoms with Crippen LogP contribution in [0.1, 0.15) is 42.9 Å². The van der Waals surface area contributed by atoms with Crippen molar-refractivity contribution in [1.82, 2.24) is 9.97 Å². The van der Waals surface area contributed by atoms with Crippen molar-refractivity contribution in [3.63, 3.8) is 0 Å². The quantitative estimate of drug-likeness (QED) is 0.113. The van der Waals surface area contributed by atoms with E-state index in [-0.39, 0.29) is 23.3 Å². The normalized spacial score (nSPS) is 11.4. The number of aromatic nitrogens is 2. The summed E-state index contributed by atoms with van der Waals surface area (Å²) in [6, 6.07) is 13.7. The van der Waals surface area contributed by atoms with Gasteiger partial charge in [0.25, 0.3) is 0 Å². The highest BCUT2D eigenvalue weighted by Gasteiger charge is 2.41. The van der Waals surface area contributed by atoms with Crippen molar-refractivity contribution >= 4 is 0 Å². The number of nitrogens with zero attached hydrogens (tertiary/aromatic N) is 3. The van der Waals surface area contributed by atoms with Crippen molar-refractivity contribution < 1.29 is 35.5 Å². The summed E-state index contributed by atoms with van der Waals surface area (Å²) in [5.41, 5.74) is -0.661. The summed E-state index contributed by atoms with van der Waals surface area (Å²) >= 11 is 0. The van der Waals surface area contributed by atoms with Crippen molar-refractivity contribution in [2.45, 2.75) is 38.7 Å². The van der Waals surface area contributed by atoms with Crippen LogP contribution in [0.2, 0.25) is 0 Å². The Bertz CT molecular complexity index is 1880. The zero-order valence-electron chi connectivity index (χ0n) is 24.2. The van der Waals surface area contributed by atoms with E-state index in [9.17, 15) is 26.3 Å². The molecule has 46 heavy (non-hydrogen) atoms. The first-order valence-electron chi connectivity index (χ1n) is 14.2. The summed E-state index contributed by atoms with van der Waals surface area (Å²) < 4.78 is 106. The molecule has 0 unspecified atom stereocenters. The number of hydrogen-bond acceptors (Lipinski definition) is 4. The first kappa shape index (κ1) is 32.2. The molecule has 4 aromatic carbocycles. The Morgan fingerprint density at radius 1 is 0.696 bits per heavy atom. The van der Waals surface area contributed by atoms with Gasteiger partial charge in [-0.2, -0.15) is 14.0 Å². The van der Waals surface area contributed by atoms with Crippen LogP contribution >= 0.6 is 0 Å². The highest BCUT2D eigenvalue weighted by Crippen LogP contribution is 2.38. The summed E-state index contributed by atoms with van der Waals surface area (Å²) in [4.78, 5) is 8.86. The molecular formula is C35H24F7N3O. The van der Waals surface area contributed by atoms with E-state index in [0.717, 1.165) is 42.9 Å². The van der Waals surface area contributed by atoms with Crippen molar-refractivity contribution in [2.75, 3.05) is 0 Å². The number of benzene rings is 4. The van der Waals surface area contributed by atoms with Crippen LogP contribution in [0, 0.1) is 40.4 Å². The number of alkyl halides is 2. The fraction of sp³-hybridized carbons (Fsp3) is 0.171. The molecule has 0 aliphatic heterocycles. The molecule has 4 nitrogen and oxygen atoms in total. The van der Waals surface area contributed by atoms with Crippen LogP contribution in [-0.2, 0) is 12.5 Å². The Labute approximate surface area is 259 Å². The molecule has 0 amide bonds. The Kier molecular flexibility index (Phi) is 9.37. The third-order valence-electron chi connectivity index (χ3n) is 7.24. The van der Waals surface area contributed by atoms with E-state index >= 15 is 4.39 Å². The molecule has 1 aromatic heterocycles. The molecule has 1 heterocycles. The molecule has 0 N–H and O–H groups in total. The molecule has 0 fully saturated rings. The topological polar surface area (TPSA) is 58.8 Å². The van der Waals surface area contributed by atoms with Crippen molar-refractivity contribution in [2.24, 2.45) is 0 Å². The van der Waals surface area contributed by atoms with E-state index in [1.165, 1.54) is 18.2 Å². The number of hydrogen-bond donors (Lipinski definition) is 0. The second-order valence-electron chi connectivity index (χ2n) is 10.5. The smallest absolute Gasteiger partial charge is 0.429 e. The van der Waals surface area contributed by atoms with Gasteiger partial charge in [-0.05, 0) is 53.3 Å². The van der Waals surface area contributed by atoms with Gasteiger partial charge in [-0.25, -0.2) is 31.9 Å². The van der Waals surface area contributed by atoms with Gasteiger partial charge in [0.2, 0.25) is 0 Å². The molecule has 5 rings (SSSR count). The Morgan fingerprint density at radius 2 is 1.26 bits per heavy atom. The van der Waals surface area contributed by atoms with Crippen LogP contribution in [-0.4, -0.2) is 9.97 Å². The number of aryl methyl sites for hydroxylation is 1. The maximum Gasteiger partial charge on any atom is 0.432 e. The highest BCUT2D eigenvalue weighted by molar-refractivity contribution is 5.73. The van der Waals surface area contributed by atoms with Crippen molar-refractivity contribution in [3.8, 4) is 45.5 Å². The van der Waals surface area contributed by atoms with Gasteiger partial charge >= 0.3 is 6.11 Å². The molecule has 0 aliphatic rings. The van der Waals surface area contributed by atoms with E-state index in [2.05, 4.69) is 21.6 Å². The largest absolute Gasteiger partial charge is 0.432 e. The van der Waals surface area contributed by atoms with Crippen LogP contribution < -0.4 is 4.74 Å². The third-order valence-corrected chi connectivity index (χ3v) is 7.24. The fourth-order valence-electron chi connectivity index (χ4n) is 4.87. The summed E-state index contributed by atoms with van der Waals surface area (Å²) in [5.74, 6) is -8.03. The molecule has 0 aliphatic carbocycles. The first-order valence-corrected chi connectivity index (χ1v) is 14.2. The minimum absolute atomic E-state index is 0.266. The standard InChI is InChI=1S/C35H24F7N3O/c1-2-3-4-5-20-18-44-34(45-19-20)22-8-6-21(7-9-22)23-10-11-26(28(36)12-23)24-13-31(39)33(32(40)14-24)35(41,42)46-25-15-29(37)27(17-43)30(38)16-25/h6-16,18-19H,2-5H2,1H3. The number of unbranched alkanes of at least 4 members (excludes halogenated alkanes) is 2. The van der Waals surface area contributed by atoms with Crippen LogP contribution in [0.4, 0.5) is 30.7 Å². The van der Waals surface area contributed by atoms with Gasteiger partial charge < -0.3 is 4.74 Å². The summed E-state index contributed by atoms with van der Waals surface area (Å²) in [7, 11) is 0. The number of rotatable bonds is 10. The predicted octanol–water partition coefficient (Wildman–Crippen LogP) is 9.91. The predicted molar refractivity (Wildman–Crippen MR) is 157 cm³/mol. The number of ether oxygens (including phenoxy) is 1. The number of halogens is 7. The van der Waals surface area contributed by atoms with E-state index in [1.807, 2.05) is 0 Å². The lowest BCUT2D eigenvalue weighted by molar-refractivity contribution is -0.189. The van der Waals surface area contributed by atoms with E-state index < -0.39 is 52.1 Å². The highest BCUT2D eigenvalue weighted by atomic mass is 19.3. The second kappa shape index (κ2) is 13.4. The molecule has 0 saturated heterocycles. The van der Waals surface area contributed by atoms with Crippen molar-refractivity contribution in [3.05, 3.63) is 125 Å². The Hall–Kier alpha value is -5.24. The summed E-state index contributed by atoms with van der Waals surface area (Å²) in [6.07, 6.45) is 3.10. The maximum absolute atomic E-state index is 15.2. The average molecular weight is 636 g/mol. The monoisotopic (exact) mass is 635 g/mol. The Balaban J connectivity index is 1.34. The molecule has 0 atom stereocenters. The Morgan fingerprint density at radius 3 is 1.83 bits per heavy atom. The van der Waals surface area contributed by atoms with Gasteiger partial charge in [-0.15, -0.1) is 0 Å². The summed E-state index contributed by atoms with van der Waals surface area (Å²) in [6.45, 7) is 2.14. The minimum atomic E-state index is -4.73. The van der Waals surface area contributed by atoms with Gasteiger partial charge in [0.15, 0.2) is 5.82 Å². The summed E-state index contributed by atoms with van der Waals surface area (Å²) in [5, 5.41) is 8.72. The fourth-order valence-corrected chi connectivity index (χ4v) is 4.87. The van der Waals surface area contributed by atoms with Crippen molar-refractivity contribution in [1.29, 1.82) is 5.26 Å². The van der Waals surface area contributed by atoms with E-state index in [1.54, 1.807) is 36.7 Å². The molecule has 5 aromatic rings. The lowest BCUT2D eigenvalue weighted by Gasteiger charge is -2.20. The number of nitriles is 1. The molecule has 0 spiro atoms. The van der Waals surface area contributed by atoms with Crippen LogP contribution in [0.5, 0.6) is 5.75 Å². The third kappa shape index (κ3) is 6.86. The SMILES string of the molecule is CCCCCc1cnc(-c2ccc(-c3ccc(-c4cc(F)c(C(F)(F)Oc5cc(F)c(C#N)c(F)c5)c(F)c4)c(F)c3)cc2)nc1. The first-order chi connectivity index (χ1) is 22.0. The van der Waals surface area contributed by atoms with Crippen LogP contribution in [0.25, 0.3) is 33.6 Å². The zero-order valence-corrected chi connectivity index (χ0v) is 24.2. The minimum Gasteiger partial charge on any atom is -0.429 e. The van der Waals surface area contributed by atoms with E-state index in [4.69, 9.17) is 5.26 Å². The molecule has 0 bridgehead atoms. The zero-order chi connectivity index (χ0) is 33.0. The van der Waals surface area contributed by atoms with Crippen LogP contribution in [0.15, 0.2) is 79.1 Å². The molecule has 0 saturated carbocycles. The van der Waals surface area contributed by atoms with Gasteiger partial charge in [-0.3, -0.25) is 0 Å². The van der Waals surface area contributed by atoms with Gasteiger partial charge in [0, 0.05) is 35.7 Å². The lowest BCUT2D eigenvalue weighted by atomic mass is 9.97. The average Bonchev–Trinajstić information content (AvgIpc) is 3.01. The van der Waals surface area contributed by atoms with Gasteiger partial charge in [0.1, 0.15) is 52.0 Å².